The van der Waals surface area contributed by atoms with Crippen LogP contribution in [0.25, 0.3) is 11.4 Å². The van der Waals surface area contributed by atoms with Gasteiger partial charge in [0.15, 0.2) is 0 Å². The lowest BCUT2D eigenvalue weighted by atomic mass is 9.94. The van der Waals surface area contributed by atoms with E-state index >= 15 is 0 Å². The molecule has 9 heteroatoms. The Morgan fingerprint density at radius 3 is 2.93 bits per heavy atom. The Labute approximate surface area is 161 Å². The number of benzene rings is 1. The zero-order valence-corrected chi connectivity index (χ0v) is 15.3. The van der Waals surface area contributed by atoms with E-state index in [0.29, 0.717) is 44.1 Å². The summed E-state index contributed by atoms with van der Waals surface area (Å²) in [5.74, 6) is 0.355. The van der Waals surface area contributed by atoms with E-state index < -0.39 is 11.9 Å². The van der Waals surface area contributed by atoms with Crippen molar-refractivity contribution in [2.45, 2.75) is 19.3 Å². The predicted octanol–water partition coefficient (Wildman–Crippen LogP) is 2.11. The smallest absolute Gasteiger partial charge is 0.410 e. The van der Waals surface area contributed by atoms with Crippen LogP contribution in [0.15, 0.2) is 28.8 Å². The van der Waals surface area contributed by atoms with Gasteiger partial charge in [0.1, 0.15) is 19.0 Å². The summed E-state index contributed by atoms with van der Waals surface area (Å²) < 4.78 is 24.0. The minimum absolute atomic E-state index is 0.0452. The molecule has 2 aliphatic rings. The first-order valence-electron chi connectivity index (χ1n) is 9.37. The average molecular weight is 388 g/mol. The number of piperidine rings is 1. The molecule has 2 saturated heterocycles. The van der Waals surface area contributed by atoms with Crippen molar-refractivity contribution in [3.05, 3.63) is 36.0 Å². The molecule has 148 valence electrons. The maximum atomic E-state index is 13.9. The number of cyclic esters (lactones) is 1. The van der Waals surface area contributed by atoms with Gasteiger partial charge in [-0.25, -0.2) is 9.18 Å². The van der Waals surface area contributed by atoms with Crippen molar-refractivity contribution in [3.8, 4) is 11.4 Å². The van der Waals surface area contributed by atoms with E-state index in [9.17, 15) is 14.0 Å². The lowest BCUT2D eigenvalue weighted by Crippen LogP contribution is -2.45. The third-order valence-corrected chi connectivity index (χ3v) is 5.09. The Bertz CT molecular complexity index is 871. The van der Waals surface area contributed by atoms with Crippen LogP contribution < -0.4 is 0 Å². The zero-order chi connectivity index (χ0) is 19.5. The van der Waals surface area contributed by atoms with Gasteiger partial charge in [-0.15, -0.1) is 0 Å². The highest BCUT2D eigenvalue weighted by molar-refractivity contribution is 5.83. The molecule has 1 atom stereocenters. The van der Waals surface area contributed by atoms with E-state index in [1.54, 1.807) is 23.1 Å². The van der Waals surface area contributed by atoms with Gasteiger partial charge in [0.05, 0.1) is 12.1 Å². The topological polar surface area (TPSA) is 88.8 Å². The van der Waals surface area contributed by atoms with Gasteiger partial charge in [0.2, 0.25) is 17.6 Å². The van der Waals surface area contributed by atoms with Crippen LogP contribution in [0.4, 0.5) is 9.18 Å². The number of hydrogen-bond acceptors (Lipinski definition) is 6. The molecule has 4 rings (SSSR count). The van der Waals surface area contributed by atoms with Crippen LogP contribution in [0.5, 0.6) is 0 Å². The maximum Gasteiger partial charge on any atom is 0.410 e. The first-order chi connectivity index (χ1) is 13.6. The second kappa shape index (κ2) is 7.95. The van der Waals surface area contributed by atoms with Crippen molar-refractivity contribution < 1.29 is 23.2 Å². The first kappa shape index (κ1) is 18.4. The summed E-state index contributed by atoms with van der Waals surface area (Å²) >= 11 is 0. The highest BCUT2D eigenvalue weighted by Gasteiger charge is 2.30. The van der Waals surface area contributed by atoms with Gasteiger partial charge in [0.25, 0.3) is 0 Å². The number of carbonyl (C=O) groups excluding carboxylic acids is 2. The van der Waals surface area contributed by atoms with Crippen LogP contribution in [0.2, 0.25) is 0 Å². The lowest BCUT2D eigenvalue weighted by molar-refractivity contribution is -0.133. The summed E-state index contributed by atoms with van der Waals surface area (Å²) in [6.45, 7) is 2.06. The number of halogens is 1. The molecule has 0 spiro atoms. The highest BCUT2D eigenvalue weighted by atomic mass is 19.1. The molecule has 2 aliphatic heterocycles. The van der Waals surface area contributed by atoms with E-state index in [1.165, 1.54) is 11.0 Å². The molecule has 2 aromatic rings. The van der Waals surface area contributed by atoms with Gasteiger partial charge in [0, 0.05) is 19.5 Å². The van der Waals surface area contributed by atoms with Crippen molar-refractivity contribution >= 4 is 12.0 Å². The van der Waals surface area contributed by atoms with Crippen molar-refractivity contribution in [1.82, 2.24) is 19.9 Å². The van der Waals surface area contributed by atoms with Crippen LogP contribution in [-0.4, -0.2) is 64.7 Å². The molecule has 0 saturated carbocycles. The minimum atomic E-state index is -0.437. The van der Waals surface area contributed by atoms with Gasteiger partial charge >= 0.3 is 6.09 Å². The van der Waals surface area contributed by atoms with E-state index in [0.717, 1.165) is 12.8 Å². The number of amides is 2. The standard InChI is InChI=1S/C19H21FN4O4/c20-15-6-2-1-5-14(15)18-21-16(28-22-18)10-13-4-3-7-23(11-13)17(25)12-24-8-9-27-19(24)26/h1-2,5-6,13H,3-4,7-12H2/t13-/m1/s1. The fraction of sp³-hybridized carbons (Fsp3) is 0.474. The monoisotopic (exact) mass is 388 g/mol. The molecule has 28 heavy (non-hydrogen) atoms. The summed E-state index contributed by atoms with van der Waals surface area (Å²) in [6, 6.07) is 6.28. The Morgan fingerprint density at radius 1 is 1.29 bits per heavy atom. The molecule has 0 unspecified atom stereocenters. The molecule has 0 bridgehead atoms. The lowest BCUT2D eigenvalue weighted by Gasteiger charge is -2.33. The number of carbonyl (C=O) groups is 2. The van der Waals surface area contributed by atoms with Gasteiger partial charge in [-0.3, -0.25) is 9.69 Å². The molecule has 1 aromatic carbocycles. The van der Waals surface area contributed by atoms with Crippen LogP contribution >= 0.6 is 0 Å². The molecular weight excluding hydrogens is 367 g/mol. The van der Waals surface area contributed by atoms with Crippen molar-refractivity contribution in [2.24, 2.45) is 5.92 Å². The summed E-state index contributed by atoms with van der Waals surface area (Å²) in [5, 5.41) is 3.88. The van der Waals surface area contributed by atoms with Crippen LogP contribution in [-0.2, 0) is 16.0 Å². The van der Waals surface area contributed by atoms with Crippen LogP contribution in [0, 0.1) is 11.7 Å². The van der Waals surface area contributed by atoms with E-state index in [2.05, 4.69) is 10.1 Å². The second-order valence-corrected chi connectivity index (χ2v) is 7.08. The third-order valence-electron chi connectivity index (χ3n) is 5.09. The summed E-state index contributed by atoms with van der Waals surface area (Å²) in [5.41, 5.74) is 0.301. The normalized spacial score (nSPS) is 19.8. The summed E-state index contributed by atoms with van der Waals surface area (Å²) in [4.78, 5) is 31.5. The van der Waals surface area contributed by atoms with E-state index in [1.807, 2.05) is 0 Å². The number of aromatic nitrogens is 2. The van der Waals surface area contributed by atoms with Crippen LogP contribution in [0.1, 0.15) is 18.7 Å². The Morgan fingerprint density at radius 2 is 2.14 bits per heavy atom. The van der Waals surface area contributed by atoms with Crippen molar-refractivity contribution in [2.75, 3.05) is 32.8 Å². The number of nitrogens with zero attached hydrogens (tertiary/aromatic N) is 4. The fourth-order valence-electron chi connectivity index (χ4n) is 3.63. The second-order valence-electron chi connectivity index (χ2n) is 7.08. The first-order valence-corrected chi connectivity index (χ1v) is 9.37. The molecule has 8 nitrogen and oxygen atoms in total. The number of ether oxygens (including phenoxy) is 1. The molecule has 1 aromatic heterocycles. The van der Waals surface area contributed by atoms with E-state index in [4.69, 9.17) is 9.26 Å². The van der Waals surface area contributed by atoms with Crippen molar-refractivity contribution in [3.63, 3.8) is 0 Å². The van der Waals surface area contributed by atoms with E-state index in [-0.39, 0.29) is 24.2 Å². The predicted molar refractivity (Wildman–Crippen MR) is 95.6 cm³/mol. The van der Waals surface area contributed by atoms with Gasteiger partial charge in [-0.1, -0.05) is 17.3 Å². The Kier molecular flexibility index (Phi) is 5.23. The third kappa shape index (κ3) is 3.97. The molecule has 0 aliphatic carbocycles. The quantitative estimate of drug-likeness (QED) is 0.779. The average Bonchev–Trinajstić information content (AvgIpc) is 3.32. The maximum absolute atomic E-state index is 13.9. The molecule has 2 fully saturated rings. The SMILES string of the molecule is O=C(CN1CCOC1=O)N1CCC[C@H](Cc2nc(-c3ccccc3F)no2)C1. The molecule has 0 N–H and O–H groups in total. The molecule has 2 amide bonds. The number of hydrogen-bond donors (Lipinski definition) is 0. The van der Waals surface area contributed by atoms with Crippen LogP contribution in [0.3, 0.4) is 0 Å². The Balaban J connectivity index is 1.36. The zero-order valence-electron chi connectivity index (χ0n) is 15.3. The minimum Gasteiger partial charge on any atom is -0.448 e. The summed E-state index contributed by atoms with van der Waals surface area (Å²) in [6.07, 6.45) is 1.90. The molecule has 3 heterocycles. The van der Waals surface area contributed by atoms with Gasteiger partial charge in [-0.05, 0) is 30.9 Å². The fourth-order valence-corrected chi connectivity index (χ4v) is 3.63. The molecular formula is C19H21FN4O4. The van der Waals surface area contributed by atoms with Gasteiger partial charge in [-0.2, -0.15) is 4.98 Å². The number of rotatable bonds is 5. The van der Waals surface area contributed by atoms with Crippen molar-refractivity contribution in [1.29, 1.82) is 0 Å². The molecule has 0 radical (unpaired) electrons. The number of likely N-dealkylation sites (tertiary alicyclic amines) is 1. The Hall–Kier alpha value is -2.97. The summed E-state index contributed by atoms with van der Waals surface area (Å²) in [7, 11) is 0. The highest BCUT2D eigenvalue weighted by Crippen LogP contribution is 2.23. The largest absolute Gasteiger partial charge is 0.448 e. The van der Waals surface area contributed by atoms with Gasteiger partial charge < -0.3 is 14.2 Å².